The van der Waals surface area contributed by atoms with Crippen LogP contribution in [0.1, 0.15) is 41.0 Å². The van der Waals surface area contributed by atoms with Crippen LogP contribution in [0.2, 0.25) is 0 Å². The molecule has 0 radical (unpaired) electrons. The molecule has 0 aromatic carbocycles. The van der Waals surface area contributed by atoms with Gasteiger partial charge in [0.05, 0.1) is 6.10 Å². The zero-order chi connectivity index (χ0) is 12.8. The molecule has 0 rings (SSSR count). The molecule has 16 heavy (non-hydrogen) atoms. The molecule has 0 spiro atoms. The number of rotatable bonds is 5. The highest BCUT2D eigenvalue weighted by molar-refractivity contribution is 5.87. The lowest BCUT2D eigenvalue weighted by molar-refractivity contribution is -0.178. The quantitative estimate of drug-likeness (QED) is 0.535. The zero-order valence-corrected chi connectivity index (χ0v) is 10.6. The van der Waals surface area contributed by atoms with Crippen LogP contribution < -0.4 is 0 Å². The second-order valence-corrected chi connectivity index (χ2v) is 4.20. The van der Waals surface area contributed by atoms with E-state index in [1.54, 1.807) is 19.9 Å². The van der Waals surface area contributed by atoms with Crippen molar-refractivity contribution in [2.45, 2.75) is 52.7 Å². The fourth-order valence-electron chi connectivity index (χ4n) is 0.897. The number of esters is 2. The standard InChI is InChI=1S/C12H20O4/c1-6-7-8-10(13)16-12(4,5)11(14)15-9(2)3/h7-9H,6H2,1-5H3. The van der Waals surface area contributed by atoms with Gasteiger partial charge >= 0.3 is 11.9 Å². The van der Waals surface area contributed by atoms with Crippen LogP contribution in [0.5, 0.6) is 0 Å². The maximum Gasteiger partial charge on any atom is 0.350 e. The summed E-state index contributed by atoms with van der Waals surface area (Å²) in [5.74, 6) is -1.08. The van der Waals surface area contributed by atoms with E-state index in [1.165, 1.54) is 19.9 Å². The Kier molecular flexibility index (Phi) is 5.78. The van der Waals surface area contributed by atoms with Gasteiger partial charge in [-0.15, -0.1) is 0 Å². The summed E-state index contributed by atoms with van der Waals surface area (Å²) in [6.45, 7) is 8.41. The van der Waals surface area contributed by atoms with Crippen molar-refractivity contribution >= 4 is 11.9 Å². The highest BCUT2D eigenvalue weighted by Gasteiger charge is 2.33. The maximum atomic E-state index is 11.6. The number of allylic oxidation sites excluding steroid dienone is 1. The van der Waals surface area contributed by atoms with Gasteiger partial charge in [0.1, 0.15) is 0 Å². The van der Waals surface area contributed by atoms with E-state index in [2.05, 4.69) is 0 Å². The third kappa shape index (κ3) is 5.53. The van der Waals surface area contributed by atoms with Crippen molar-refractivity contribution in [2.24, 2.45) is 0 Å². The lowest BCUT2D eigenvalue weighted by Gasteiger charge is -2.23. The molecule has 0 unspecified atom stereocenters. The van der Waals surface area contributed by atoms with E-state index in [0.717, 1.165) is 6.42 Å². The Morgan fingerprint density at radius 3 is 2.31 bits per heavy atom. The second-order valence-electron chi connectivity index (χ2n) is 4.20. The average molecular weight is 228 g/mol. The largest absolute Gasteiger partial charge is 0.460 e. The molecule has 0 aromatic rings. The molecular weight excluding hydrogens is 208 g/mol. The topological polar surface area (TPSA) is 52.6 Å². The van der Waals surface area contributed by atoms with Gasteiger partial charge in [-0.2, -0.15) is 0 Å². The van der Waals surface area contributed by atoms with Gasteiger partial charge in [0.25, 0.3) is 0 Å². The van der Waals surface area contributed by atoms with Crippen molar-refractivity contribution in [3.05, 3.63) is 12.2 Å². The van der Waals surface area contributed by atoms with Crippen molar-refractivity contribution in [2.75, 3.05) is 0 Å². The molecule has 0 amide bonds. The predicted molar refractivity (Wildman–Crippen MR) is 60.8 cm³/mol. The molecule has 0 aliphatic heterocycles. The molecule has 0 aromatic heterocycles. The van der Waals surface area contributed by atoms with Crippen LogP contribution in [0.4, 0.5) is 0 Å². The number of carbonyl (C=O) groups is 2. The molecule has 92 valence electrons. The molecule has 0 aliphatic carbocycles. The summed E-state index contributed by atoms with van der Waals surface area (Å²) in [5.41, 5.74) is -1.25. The first-order chi connectivity index (χ1) is 7.29. The smallest absolute Gasteiger partial charge is 0.350 e. The van der Waals surface area contributed by atoms with Gasteiger partial charge in [-0.3, -0.25) is 0 Å². The van der Waals surface area contributed by atoms with E-state index < -0.39 is 17.5 Å². The fourth-order valence-corrected chi connectivity index (χ4v) is 0.897. The summed E-state index contributed by atoms with van der Waals surface area (Å²) in [6, 6.07) is 0. The molecule has 0 bridgehead atoms. The van der Waals surface area contributed by atoms with Gasteiger partial charge in [-0.25, -0.2) is 9.59 Å². The van der Waals surface area contributed by atoms with E-state index in [4.69, 9.17) is 9.47 Å². The highest BCUT2D eigenvalue weighted by atomic mass is 16.6. The lowest BCUT2D eigenvalue weighted by atomic mass is 10.1. The predicted octanol–water partition coefficient (Wildman–Crippen LogP) is 2.23. The monoisotopic (exact) mass is 228 g/mol. The van der Waals surface area contributed by atoms with Gasteiger partial charge in [0.15, 0.2) is 0 Å². The van der Waals surface area contributed by atoms with Crippen molar-refractivity contribution in [1.29, 1.82) is 0 Å². The molecule has 0 N–H and O–H groups in total. The van der Waals surface area contributed by atoms with Gasteiger partial charge in [-0.05, 0) is 34.1 Å². The first-order valence-electron chi connectivity index (χ1n) is 5.40. The number of hydrogen-bond donors (Lipinski definition) is 0. The Balaban J connectivity index is 4.38. The average Bonchev–Trinajstić information content (AvgIpc) is 2.12. The third-order valence-electron chi connectivity index (χ3n) is 1.68. The van der Waals surface area contributed by atoms with Gasteiger partial charge in [-0.1, -0.05) is 13.0 Å². The Hall–Kier alpha value is -1.32. The van der Waals surface area contributed by atoms with E-state index in [9.17, 15) is 9.59 Å². The molecule has 0 fully saturated rings. The molecule has 4 nitrogen and oxygen atoms in total. The number of hydrogen-bond acceptors (Lipinski definition) is 4. The molecule has 0 atom stereocenters. The van der Waals surface area contributed by atoms with E-state index in [0.29, 0.717) is 0 Å². The molecule has 0 saturated carbocycles. The summed E-state index contributed by atoms with van der Waals surface area (Å²) in [6.07, 6.45) is 3.50. The second kappa shape index (κ2) is 6.30. The summed E-state index contributed by atoms with van der Waals surface area (Å²) < 4.78 is 9.98. The van der Waals surface area contributed by atoms with E-state index in [1.807, 2.05) is 6.92 Å². The summed E-state index contributed by atoms with van der Waals surface area (Å²) in [4.78, 5) is 22.9. The first kappa shape index (κ1) is 14.7. The minimum Gasteiger partial charge on any atom is -0.460 e. The van der Waals surface area contributed by atoms with Crippen LogP contribution in [-0.2, 0) is 19.1 Å². The van der Waals surface area contributed by atoms with Crippen molar-refractivity contribution in [3.8, 4) is 0 Å². The van der Waals surface area contributed by atoms with E-state index in [-0.39, 0.29) is 6.10 Å². The van der Waals surface area contributed by atoms with Crippen LogP contribution in [-0.4, -0.2) is 23.6 Å². The Labute approximate surface area is 96.6 Å². The SMILES string of the molecule is CCC=CC(=O)OC(C)(C)C(=O)OC(C)C. The van der Waals surface area contributed by atoms with Crippen LogP contribution in [0.25, 0.3) is 0 Å². The highest BCUT2D eigenvalue weighted by Crippen LogP contribution is 2.13. The van der Waals surface area contributed by atoms with Gasteiger partial charge in [0, 0.05) is 6.08 Å². The third-order valence-corrected chi connectivity index (χ3v) is 1.68. The molecular formula is C12H20O4. The maximum absolute atomic E-state index is 11.6. The molecule has 0 aliphatic rings. The van der Waals surface area contributed by atoms with Crippen LogP contribution in [0.3, 0.4) is 0 Å². The first-order valence-corrected chi connectivity index (χ1v) is 5.40. The van der Waals surface area contributed by atoms with Crippen molar-refractivity contribution in [1.82, 2.24) is 0 Å². The summed E-state index contributed by atoms with van der Waals surface area (Å²) >= 11 is 0. The summed E-state index contributed by atoms with van der Waals surface area (Å²) in [7, 11) is 0. The lowest BCUT2D eigenvalue weighted by Crippen LogP contribution is -2.39. The summed E-state index contributed by atoms with van der Waals surface area (Å²) in [5, 5.41) is 0. The van der Waals surface area contributed by atoms with Crippen LogP contribution in [0.15, 0.2) is 12.2 Å². The zero-order valence-electron chi connectivity index (χ0n) is 10.6. The molecule has 0 heterocycles. The van der Waals surface area contributed by atoms with E-state index >= 15 is 0 Å². The van der Waals surface area contributed by atoms with Crippen molar-refractivity contribution < 1.29 is 19.1 Å². The normalized spacial score (nSPS) is 11.9. The Morgan fingerprint density at radius 2 is 1.88 bits per heavy atom. The Morgan fingerprint density at radius 1 is 1.31 bits per heavy atom. The number of carbonyl (C=O) groups excluding carboxylic acids is 2. The van der Waals surface area contributed by atoms with Gasteiger partial charge in [0.2, 0.25) is 5.60 Å². The fraction of sp³-hybridized carbons (Fsp3) is 0.667. The Bertz CT molecular complexity index is 277. The molecule has 0 saturated heterocycles. The van der Waals surface area contributed by atoms with Gasteiger partial charge < -0.3 is 9.47 Å². The molecule has 4 heteroatoms. The van der Waals surface area contributed by atoms with Crippen LogP contribution >= 0.6 is 0 Å². The minimum atomic E-state index is -1.25. The van der Waals surface area contributed by atoms with Crippen LogP contribution in [0, 0.1) is 0 Å². The number of ether oxygens (including phenoxy) is 2. The van der Waals surface area contributed by atoms with Crippen molar-refractivity contribution in [3.63, 3.8) is 0 Å². The minimum absolute atomic E-state index is 0.225.